The van der Waals surface area contributed by atoms with Gasteiger partial charge in [0, 0.05) is 31.6 Å². The smallest absolute Gasteiger partial charge is 0.267 e. The van der Waals surface area contributed by atoms with E-state index in [1.165, 1.54) is 5.01 Å². The van der Waals surface area contributed by atoms with Crippen LogP contribution in [0.2, 0.25) is 0 Å². The van der Waals surface area contributed by atoms with Crippen LogP contribution >= 0.6 is 0 Å². The molecule has 0 aliphatic carbocycles. The minimum atomic E-state index is -3.14. The van der Waals surface area contributed by atoms with Crippen LogP contribution in [-0.2, 0) is 26.0 Å². The van der Waals surface area contributed by atoms with E-state index in [-0.39, 0.29) is 54.5 Å². The van der Waals surface area contributed by atoms with E-state index in [1.807, 2.05) is 19.9 Å². The number of amides is 2. The first-order chi connectivity index (χ1) is 13.2. The molecule has 1 aromatic heterocycles. The predicted octanol–water partition coefficient (Wildman–Crippen LogP) is 0.651. The highest BCUT2D eigenvalue weighted by Gasteiger charge is 2.37. The molecule has 2 amide bonds. The number of nitrogens with one attached hydrogen (secondary N) is 1. The second-order valence-electron chi connectivity index (χ2n) is 7.20. The summed E-state index contributed by atoms with van der Waals surface area (Å²) in [7, 11) is -3.14. The number of aromatic nitrogens is 1. The number of carbonyl (C=O) groups excluding carboxylic acids is 2. The molecule has 1 N–H and O–H groups in total. The van der Waals surface area contributed by atoms with E-state index in [0.717, 1.165) is 5.56 Å². The van der Waals surface area contributed by atoms with Crippen LogP contribution in [0, 0.1) is 0 Å². The second-order valence-corrected chi connectivity index (χ2v) is 9.42. The van der Waals surface area contributed by atoms with Gasteiger partial charge in [-0.1, -0.05) is 6.07 Å². The molecule has 0 saturated carbocycles. The Balaban J connectivity index is 1.60. The Bertz CT molecular complexity index is 880. The number of nitrogens with zero attached hydrogens (tertiary/aromatic N) is 3. The molecule has 1 aromatic rings. The fourth-order valence-corrected chi connectivity index (χ4v) is 4.79. The number of hydrogen-bond acceptors (Lipinski definition) is 7. The minimum absolute atomic E-state index is 0.0304. The number of pyridine rings is 1. The molecule has 1 saturated heterocycles. The fourth-order valence-electron chi connectivity index (χ4n) is 3.10. The Labute approximate surface area is 164 Å². The van der Waals surface area contributed by atoms with E-state index >= 15 is 0 Å². The van der Waals surface area contributed by atoms with E-state index in [1.54, 1.807) is 12.3 Å². The molecule has 1 fully saturated rings. The van der Waals surface area contributed by atoms with Crippen molar-refractivity contribution in [1.29, 1.82) is 0 Å². The third-order valence-electron chi connectivity index (χ3n) is 4.48. The van der Waals surface area contributed by atoms with Gasteiger partial charge >= 0.3 is 0 Å². The Kier molecular flexibility index (Phi) is 5.97. The van der Waals surface area contributed by atoms with Crippen molar-refractivity contribution in [3.8, 4) is 5.88 Å². The van der Waals surface area contributed by atoms with Crippen LogP contribution in [0.4, 0.5) is 0 Å². The molecule has 152 valence electrons. The van der Waals surface area contributed by atoms with Crippen LogP contribution in [0.15, 0.2) is 23.4 Å². The first-order valence-electron chi connectivity index (χ1n) is 9.23. The zero-order valence-electron chi connectivity index (χ0n) is 15.9. The van der Waals surface area contributed by atoms with Crippen molar-refractivity contribution in [3.63, 3.8) is 0 Å². The molecule has 10 heteroatoms. The van der Waals surface area contributed by atoms with E-state index in [0.29, 0.717) is 12.3 Å². The Morgan fingerprint density at radius 3 is 2.75 bits per heavy atom. The van der Waals surface area contributed by atoms with E-state index in [4.69, 9.17) is 4.74 Å². The van der Waals surface area contributed by atoms with Gasteiger partial charge in [0.2, 0.25) is 11.8 Å². The summed E-state index contributed by atoms with van der Waals surface area (Å²) >= 11 is 0. The lowest BCUT2D eigenvalue weighted by atomic mass is 10.1. The second kappa shape index (κ2) is 8.26. The SMILES string of the molecule is CC(C)Oc1ccc(CNC(=O)C2=NN(C3CCS(=O)(=O)C3)C(=O)CC2)cn1. The zero-order chi connectivity index (χ0) is 20.3. The lowest BCUT2D eigenvalue weighted by Gasteiger charge is -2.27. The van der Waals surface area contributed by atoms with Gasteiger partial charge in [-0.15, -0.1) is 0 Å². The number of ether oxygens (including phenoxy) is 1. The number of hydrazone groups is 1. The molecular weight excluding hydrogens is 384 g/mol. The van der Waals surface area contributed by atoms with Crippen molar-refractivity contribution >= 4 is 27.4 Å². The van der Waals surface area contributed by atoms with Crippen LogP contribution < -0.4 is 10.1 Å². The largest absolute Gasteiger partial charge is 0.475 e. The highest BCUT2D eigenvalue weighted by atomic mass is 32.2. The molecule has 0 bridgehead atoms. The van der Waals surface area contributed by atoms with Crippen molar-refractivity contribution in [1.82, 2.24) is 15.3 Å². The van der Waals surface area contributed by atoms with Gasteiger partial charge in [0.15, 0.2) is 9.84 Å². The van der Waals surface area contributed by atoms with Gasteiger partial charge in [-0.3, -0.25) is 9.59 Å². The Hall–Kier alpha value is -2.49. The summed E-state index contributed by atoms with van der Waals surface area (Å²) in [6.07, 6.45) is 2.39. The molecule has 9 nitrogen and oxygen atoms in total. The highest BCUT2D eigenvalue weighted by Crippen LogP contribution is 2.22. The number of rotatable bonds is 6. The molecule has 2 aliphatic heterocycles. The first kappa shape index (κ1) is 20.2. The number of sulfone groups is 1. The monoisotopic (exact) mass is 408 g/mol. The molecular formula is C18H24N4O5S. The summed E-state index contributed by atoms with van der Waals surface area (Å²) in [5.41, 5.74) is 1.03. The normalized spacial score (nSPS) is 21.5. The van der Waals surface area contributed by atoms with Crippen LogP contribution in [0.1, 0.15) is 38.7 Å². The number of hydrogen-bond donors (Lipinski definition) is 1. The lowest BCUT2D eigenvalue weighted by Crippen LogP contribution is -2.43. The van der Waals surface area contributed by atoms with E-state index < -0.39 is 15.9 Å². The fraction of sp³-hybridized carbons (Fsp3) is 0.556. The molecule has 3 heterocycles. The van der Waals surface area contributed by atoms with Crippen LogP contribution in [-0.4, -0.2) is 59.6 Å². The lowest BCUT2D eigenvalue weighted by molar-refractivity contribution is -0.133. The summed E-state index contributed by atoms with van der Waals surface area (Å²) in [5, 5.41) is 8.11. The predicted molar refractivity (Wildman–Crippen MR) is 102 cm³/mol. The van der Waals surface area contributed by atoms with Crippen LogP contribution in [0.5, 0.6) is 5.88 Å². The number of carbonyl (C=O) groups is 2. The van der Waals surface area contributed by atoms with Gasteiger partial charge in [0.05, 0.1) is 23.7 Å². The summed E-state index contributed by atoms with van der Waals surface area (Å²) in [6.45, 7) is 4.09. The van der Waals surface area contributed by atoms with Crippen LogP contribution in [0.25, 0.3) is 0 Å². The van der Waals surface area contributed by atoms with Gasteiger partial charge in [-0.2, -0.15) is 5.10 Å². The van der Waals surface area contributed by atoms with Gasteiger partial charge in [-0.25, -0.2) is 18.4 Å². The van der Waals surface area contributed by atoms with Crippen molar-refractivity contribution in [3.05, 3.63) is 23.9 Å². The van der Waals surface area contributed by atoms with Crippen LogP contribution in [0.3, 0.4) is 0 Å². The van der Waals surface area contributed by atoms with E-state index in [9.17, 15) is 18.0 Å². The third kappa shape index (κ3) is 5.06. The minimum Gasteiger partial charge on any atom is -0.475 e. The van der Waals surface area contributed by atoms with Crippen molar-refractivity contribution in [2.24, 2.45) is 5.10 Å². The average molecular weight is 408 g/mol. The molecule has 0 spiro atoms. The summed E-state index contributed by atoms with van der Waals surface area (Å²) < 4.78 is 28.8. The molecule has 1 atom stereocenters. The van der Waals surface area contributed by atoms with Gasteiger partial charge < -0.3 is 10.1 Å². The van der Waals surface area contributed by atoms with Gasteiger partial charge in [0.25, 0.3) is 5.91 Å². The van der Waals surface area contributed by atoms with Crippen molar-refractivity contribution in [2.75, 3.05) is 11.5 Å². The quantitative estimate of drug-likeness (QED) is 0.738. The molecule has 1 unspecified atom stereocenters. The van der Waals surface area contributed by atoms with Crippen molar-refractivity contribution < 1.29 is 22.7 Å². The zero-order valence-corrected chi connectivity index (χ0v) is 16.7. The summed E-state index contributed by atoms with van der Waals surface area (Å²) in [4.78, 5) is 28.7. The molecule has 0 radical (unpaired) electrons. The maximum absolute atomic E-state index is 12.4. The molecule has 3 rings (SSSR count). The molecule has 0 aromatic carbocycles. The third-order valence-corrected chi connectivity index (χ3v) is 6.23. The molecule has 28 heavy (non-hydrogen) atoms. The van der Waals surface area contributed by atoms with E-state index in [2.05, 4.69) is 15.4 Å². The van der Waals surface area contributed by atoms with Crippen molar-refractivity contribution in [2.45, 2.75) is 51.8 Å². The topological polar surface area (TPSA) is 118 Å². The average Bonchev–Trinajstić information content (AvgIpc) is 3.00. The van der Waals surface area contributed by atoms with Gasteiger partial charge in [-0.05, 0) is 25.8 Å². The highest BCUT2D eigenvalue weighted by molar-refractivity contribution is 7.91. The summed E-state index contributed by atoms with van der Waals surface area (Å²) in [6, 6.07) is 3.06. The Morgan fingerprint density at radius 2 is 2.14 bits per heavy atom. The molecule has 2 aliphatic rings. The first-order valence-corrected chi connectivity index (χ1v) is 11.1. The Morgan fingerprint density at radius 1 is 1.36 bits per heavy atom. The maximum Gasteiger partial charge on any atom is 0.267 e. The standard InChI is InChI=1S/C18H24N4O5S/c1-12(2)27-16-5-3-13(9-19-16)10-20-18(24)15-4-6-17(23)22(21-15)14-7-8-28(25,26)11-14/h3,5,9,12,14H,4,6-8,10-11H2,1-2H3,(H,20,24). The maximum atomic E-state index is 12.4. The summed E-state index contributed by atoms with van der Waals surface area (Å²) in [5.74, 6) is -0.165. The van der Waals surface area contributed by atoms with Gasteiger partial charge in [0.1, 0.15) is 5.71 Å².